The van der Waals surface area contributed by atoms with Crippen LogP contribution in [0.1, 0.15) is 44.1 Å². The van der Waals surface area contributed by atoms with Crippen LogP contribution in [0.25, 0.3) is 0 Å². The second-order valence-corrected chi connectivity index (χ2v) is 6.45. The Morgan fingerprint density at radius 3 is 2.75 bits per heavy atom. The van der Waals surface area contributed by atoms with Crippen LogP contribution in [0.2, 0.25) is 0 Å². The Labute approximate surface area is 129 Å². The smallest absolute Gasteiger partial charge is 0.315 e. The first kappa shape index (κ1) is 15.4. The molecule has 0 saturated heterocycles. The molecule has 2 amide bonds. The first-order chi connectivity index (χ1) is 9.74. The van der Waals surface area contributed by atoms with Gasteiger partial charge in [-0.3, -0.25) is 0 Å². The summed E-state index contributed by atoms with van der Waals surface area (Å²) >= 11 is 3.43. The van der Waals surface area contributed by atoms with Crippen LogP contribution in [0.3, 0.4) is 0 Å². The summed E-state index contributed by atoms with van der Waals surface area (Å²) in [6.07, 6.45) is 7.89. The minimum Gasteiger partial charge on any atom is -0.338 e. The van der Waals surface area contributed by atoms with Crippen molar-refractivity contribution in [2.24, 2.45) is 5.92 Å². The fraction of sp³-hybridized carbons (Fsp3) is 0.562. The minimum atomic E-state index is -0.0687. The van der Waals surface area contributed by atoms with E-state index in [1.807, 2.05) is 24.3 Å². The Morgan fingerprint density at radius 2 is 2.00 bits per heavy atom. The van der Waals surface area contributed by atoms with Gasteiger partial charge in [0.25, 0.3) is 0 Å². The van der Waals surface area contributed by atoms with E-state index in [1.165, 1.54) is 32.1 Å². The Morgan fingerprint density at radius 1 is 1.20 bits per heavy atom. The fourth-order valence-corrected chi connectivity index (χ4v) is 3.20. The number of amides is 2. The summed E-state index contributed by atoms with van der Waals surface area (Å²) in [4.78, 5) is 11.7. The monoisotopic (exact) mass is 338 g/mol. The third-order valence-corrected chi connectivity index (χ3v) is 4.40. The third-order valence-electron chi connectivity index (χ3n) is 3.90. The number of urea groups is 1. The highest BCUT2D eigenvalue weighted by atomic mass is 79.9. The molecule has 3 nitrogen and oxygen atoms in total. The second kappa shape index (κ2) is 8.30. The van der Waals surface area contributed by atoms with Gasteiger partial charge in [-0.05, 0) is 30.0 Å². The summed E-state index contributed by atoms with van der Waals surface area (Å²) in [5.74, 6) is 0.814. The zero-order valence-electron chi connectivity index (χ0n) is 11.8. The Balaban J connectivity index is 1.60. The molecule has 1 aromatic rings. The molecule has 0 aliphatic heterocycles. The average molecular weight is 339 g/mol. The van der Waals surface area contributed by atoms with Gasteiger partial charge in [0.05, 0.1) is 0 Å². The van der Waals surface area contributed by atoms with E-state index in [4.69, 9.17) is 0 Å². The lowest BCUT2D eigenvalue weighted by molar-refractivity contribution is 0.238. The summed E-state index contributed by atoms with van der Waals surface area (Å²) in [5.41, 5.74) is 1.10. The highest BCUT2D eigenvalue weighted by Gasteiger charge is 2.13. The van der Waals surface area contributed by atoms with Gasteiger partial charge >= 0.3 is 6.03 Å². The van der Waals surface area contributed by atoms with Gasteiger partial charge in [-0.15, -0.1) is 0 Å². The molecular weight excluding hydrogens is 316 g/mol. The van der Waals surface area contributed by atoms with Crippen molar-refractivity contribution in [1.82, 2.24) is 10.6 Å². The molecule has 0 unspecified atom stereocenters. The van der Waals surface area contributed by atoms with Crippen LogP contribution >= 0.6 is 15.9 Å². The number of benzene rings is 1. The lowest BCUT2D eigenvalue weighted by Crippen LogP contribution is -2.36. The van der Waals surface area contributed by atoms with Gasteiger partial charge in [-0.25, -0.2) is 4.79 Å². The largest absolute Gasteiger partial charge is 0.338 e. The molecule has 4 heteroatoms. The topological polar surface area (TPSA) is 41.1 Å². The average Bonchev–Trinajstić information content (AvgIpc) is 2.46. The number of hydrogen-bond donors (Lipinski definition) is 2. The highest BCUT2D eigenvalue weighted by Crippen LogP contribution is 2.25. The van der Waals surface area contributed by atoms with Crippen LogP contribution in [0, 0.1) is 5.92 Å². The molecule has 0 bridgehead atoms. The zero-order chi connectivity index (χ0) is 14.2. The first-order valence-corrected chi connectivity index (χ1v) is 8.29. The number of nitrogens with one attached hydrogen (secondary N) is 2. The number of hydrogen-bond acceptors (Lipinski definition) is 1. The molecule has 20 heavy (non-hydrogen) atoms. The number of carbonyl (C=O) groups is 1. The van der Waals surface area contributed by atoms with Crippen LogP contribution in [0.4, 0.5) is 4.79 Å². The number of rotatable bonds is 5. The first-order valence-electron chi connectivity index (χ1n) is 7.50. The van der Waals surface area contributed by atoms with Crippen molar-refractivity contribution in [3.8, 4) is 0 Å². The highest BCUT2D eigenvalue weighted by molar-refractivity contribution is 9.10. The fourth-order valence-electron chi connectivity index (χ4n) is 2.76. The summed E-state index contributed by atoms with van der Waals surface area (Å²) in [5, 5.41) is 5.85. The molecule has 110 valence electrons. The van der Waals surface area contributed by atoms with Crippen LogP contribution in [-0.4, -0.2) is 12.6 Å². The molecule has 0 spiro atoms. The third kappa shape index (κ3) is 5.53. The lowest BCUT2D eigenvalue weighted by Gasteiger charge is -2.21. The van der Waals surface area contributed by atoms with Gasteiger partial charge in [0.1, 0.15) is 0 Å². The number of halogens is 1. The van der Waals surface area contributed by atoms with E-state index in [0.717, 1.165) is 28.9 Å². The van der Waals surface area contributed by atoms with E-state index >= 15 is 0 Å². The maximum atomic E-state index is 11.7. The summed E-state index contributed by atoms with van der Waals surface area (Å²) in [6, 6.07) is 7.91. The Hall–Kier alpha value is -1.03. The summed E-state index contributed by atoms with van der Waals surface area (Å²) < 4.78 is 1.04. The van der Waals surface area contributed by atoms with Crippen molar-refractivity contribution in [3.05, 3.63) is 34.3 Å². The van der Waals surface area contributed by atoms with Crippen molar-refractivity contribution in [3.63, 3.8) is 0 Å². The van der Waals surface area contributed by atoms with Gasteiger partial charge in [-0.2, -0.15) is 0 Å². The second-order valence-electron chi connectivity index (χ2n) is 5.53. The van der Waals surface area contributed by atoms with Crippen LogP contribution in [0.5, 0.6) is 0 Å². The standard InChI is InChI=1S/C16H23BrN2O/c17-15-8-4-7-14(11-15)12-19-16(20)18-10-9-13-5-2-1-3-6-13/h4,7-8,11,13H,1-3,5-6,9-10,12H2,(H2,18,19,20). The van der Waals surface area contributed by atoms with Gasteiger partial charge in [-0.1, -0.05) is 60.2 Å². The molecule has 2 N–H and O–H groups in total. The molecule has 1 saturated carbocycles. The maximum absolute atomic E-state index is 11.7. The molecule has 1 aromatic carbocycles. The minimum absolute atomic E-state index is 0.0687. The van der Waals surface area contributed by atoms with Crippen molar-refractivity contribution in [1.29, 1.82) is 0 Å². The van der Waals surface area contributed by atoms with E-state index in [2.05, 4.69) is 26.6 Å². The normalized spacial score (nSPS) is 15.8. The van der Waals surface area contributed by atoms with Crippen molar-refractivity contribution >= 4 is 22.0 Å². The predicted molar refractivity (Wildman–Crippen MR) is 85.6 cm³/mol. The van der Waals surface area contributed by atoms with E-state index in [9.17, 15) is 4.79 Å². The molecule has 1 aliphatic carbocycles. The number of carbonyl (C=O) groups excluding carboxylic acids is 1. The van der Waals surface area contributed by atoms with E-state index in [0.29, 0.717) is 6.54 Å². The molecular formula is C16H23BrN2O. The molecule has 0 atom stereocenters. The Kier molecular flexibility index (Phi) is 6.37. The SMILES string of the molecule is O=C(NCCC1CCCCC1)NCc1cccc(Br)c1. The van der Waals surface area contributed by atoms with Crippen LogP contribution in [0.15, 0.2) is 28.7 Å². The van der Waals surface area contributed by atoms with Crippen molar-refractivity contribution in [2.75, 3.05) is 6.54 Å². The quantitative estimate of drug-likeness (QED) is 0.829. The van der Waals surface area contributed by atoms with E-state index in [1.54, 1.807) is 0 Å². The van der Waals surface area contributed by atoms with Crippen LogP contribution < -0.4 is 10.6 Å². The zero-order valence-corrected chi connectivity index (χ0v) is 13.4. The molecule has 0 radical (unpaired) electrons. The lowest BCUT2D eigenvalue weighted by atomic mass is 9.87. The van der Waals surface area contributed by atoms with Gasteiger partial charge in [0.15, 0.2) is 0 Å². The van der Waals surface area contributed by atoms with Crippen LogP contribution in [-0.2, 0) is 6.54 Å². The Bertz CT molecular complexity index is 430. The van der Waals surface area contributed by atoms with Crippen molar-refractivity contribution in [2.45, 2.75) is 45.1 Å². The maximum Gasteiger partial charge on any atom is 0.315 e. The van der Waals surface area contributed by atoms with E-state index in [-0.39, 0.29) is 6.03 Å². The van der Waals surface area contributed by atoms with Gasteiger partial charge in [0, 0.05) is 17.6 Å². The van der Waals surface area contributed by atoms with Crippen molar-refractivity contribution < 1.29 is 4.79 Å². The van der Waals surface area contributed by atoms with Gasteiger partial charge < -0.3 is 10.6 Å². The summed E-state index contributed by atoms with van der Waals surface area (Å²) in [7, 11) is 0. The molecule has 0 heterocycles. The molecule has 1 fully saturated rings. The molecule has 2 rings (SSSR count). The molecule has 0 aromatic heterocycles. The molecule has 1 aliphatic rings. The predicted octanol–water partition coefficient (Wildman–Crippen LogP) is 4.22. The van der Waals surface area contributed by atoms with E-state index < -0.39 is 0 Å². The summed E-state index contributed by atoms with van der Waals surface area (Å²) in [6.45, 7) is 1.35. The van der Waals surface area contributed by atoms with Gasteiger partial charge in [0.2, 0.25) is 0 Å².